The van der Waals surface area contributed by atoms with Crippen LogP contribution in [0.15, 0.2) is 18.2 Å². The van der Waals surface area contributed by atoms with Crippen LogP contribution in [0.25, 0.3) is 0 Å². The van der Waals surface area contributed by atoms with Crippen molar-refractivity contribution in [3.8, 4) is 0 Å². The van der Waals surface area contributed by atoms with Gasteiger partial charge in [-0.15, -0.1) is 0 Å². The van der Waals surface area contributed by atoms with Gasteiger partial charge in [0.25, 0.3) is 0 Å². The summed E-state index contributed by atoms with van der Waals surface area (Å²) in [4.78, 5) is 13.9. The van der Waals surface area contributed by atoms with E-state index in [2.05, 4.69) is 0 Å². The van der Waals surface area contributed by atoms with Crippen LogP contribution < -0.4 is 0 Å². The molecule has 23 heavy (non-hydrogen) atoms. The zero-order valence-electron chi connectivity index (χ0n) is 12.8. The van der Waals surface area contributed by atoms with Gasteiger partial charge in [-0.05, 0) is 12.1 Å². The fraction of sp³-hybridized carbons (Fsp3) is 0.500. The number of hydrogen-bond donors (Lipinski definition) is 0. The summed E-state index contributed by atoms with van der Waals surface area (Å²) in [7, 11) is -2.07. The summed E-state index contributed by atoms with van der Waals surface area (Å²) >= 11 is 6.07. The number of halogens is 2. The molecule has 6 nitrogen and oxygen atoms in total. The molecule has 0 radical (unpaired) electrons. The number of rotatable bonds is 4. The molecule has 1 aromatic carbocycles. The molecule has 0 amide bonds. The Labute approximate surface area is 139 Å². The molecule has 1 aliphatic rings. The van der Waals surface area contributed by atoms with Gasteiger partial charge in [-0.25, -0.2) is 17.6 Å². The summed E-state index contributed by atoms with van der Waals surface area (Å²) in [5.74, 6) is -1.23. The minimum absolute atomic E-state index is 0.0498. The van der Waals surface area contributed by atoms with Crippen molar-refractivity contribution in [2.24, 2.45) is 0 Å². The van der Waals surface area contributed by atoms with E-state index in [0.29, 0.717) is 0 Å². The Morgan fingerprint density at radius 2 is 1.91 bits per heavy atom. The summed E-state index contributed by atoms with van der Waals surface area (Å²) in [5, 5.41) is 0.131. The van der Waals surface area contributed by atoms with Gasteiger partial charge in [0.1, 0.15) is 11.9 Å². The number of carbonyl (C=O) groups excluding carboxylic acids is 1. The molecule has 1 fully saturated rings. The van der Waals surface area contributed by atoms with E-state index in [0.717, 1.165) is 6.26 Å². The number of piperazine rings is 1. The van der Waals surface area contributed by atoms with E-state index in [1.165, 1.54) is 29.6 Å². The number of methoxy groups -OCH3 is 1. The fourth-order valence-corrected chi connectivity index (χ4v) is 3.72. The molecule has 1 unspecified atom stereocenters. The van der Waals surface area contributed by atoms with E-state index in [1.807, 2.05) is 0 Å². The van der Waals surface area contributed by atoms with E-state index < -0.39 is 27.9 Å². The first kappa shape index (κ1) is 18.1. The normalized spacial score (nSPS) is 18.6. The predicted octanol–water partition coefficient (Wildman–Crippen LogP) is 1.27. The quantitative estimate of drug-likeness (QED) is 0.753. The van der Waals surface area contributed by atoms with Crippen molar-refractivity contribution in [1.82, 2.24) is 9.21 Å². The lowest BCUT2D eigenvalue weighted by Gasteiger charge is -2.37. The summed E-state index contributed by atoms with van der Waals surface area (Å²) in [5.41, 5.74) is 0.0498. The van der Waals surface area contributed by atoms with Gasteiger partial charge in [0, 0.05) is 36.8 Å². The average molecular weight is 365 g/mol. The van der Waals surface area contributed by atoms with E-state index in [9.17, 15) is 17.6 Å². The maximum absolute atomic E-state index is 14.2. The van der Waals surface area contributed by atoms with Crippen LogP contribution in [0.4, 0.5) is 4.39 Å². The number of nitrogens with zero attached hydrogens (tertiary/aromatic N) is 2. The van der Waals surface area contributed by atoms with Crippen LogP contribution in [-0.2, 0) is 19.6 Å². The lowest BCUT2D eigenvalue weighted by Crippen LogP contribution is -2.51. The van der Waals surface area contributed by atoms with E-state index in [1.54, 1.807) is 4.90 Å². The lowest BCUT2D eigenvalue weighted by atomic mass is 10.0. The van der Waals surface area contributed by atoms with Gasteiger partial charge in [-0.1, -0.05) is 17.7 Å². The van der Waals surface area contributed by atoms with Crippen molar-refractivity contribution in [2.75, 3.05) is 39.5 Å². The molecule has 1 aromatic rings. The zero-order chi connectivity index (χ0) is 17.2. The Morgan fingerprint density at radius 3 is 2.39 bits per heavy atom. The van der Waals surface area contributed by atoms with Crippen molar-refractivity contribution in [2.45, 2.75) is 6.04 Å². The highest BCUT2D eigenvalue weighted by atomic mass is 35.5. The Bertz CT molecular complexity index is 670. The largest absolute Gasteiger partial charge is 0.468 e. The maximum Gasteiger partial charge on any atom is 0.327 e. The first-order chi connectivity index (χ1) is 10.8. The zero-order valence-corrected chi connectivity index (χ0v) is 14.4. The van der Waals surface area contributed by atoms with Crippen LogP contribution in [-0.4, -0.2) is 63.1 Å². The van der Waals surface area contributed by atoms with Gasteiger partial charge in [-0.3, -0.25) is 4.90 Å². The van der Waals surface area contributed by atoms with Crippen molar-refractivity contribution < 1.29 is 22.3 Å². The molecule has 0 spiro atoms. The second kappa shape index (κ2) is 7.12. The second-order valence-electron chi connectivity index (χ2n) is 5.26. The third-order valence-electron chi connectivity index (χ3n) is 3.80. The number of sulfonamides is 1. The second-order valence-corrected chi connectivity index (χ2v) is 7.65. The van der Waals surface area contributed by atoms with E-state index in [4.69, 9.17) is 16.3 Å². The van der Waals surface area contributed by atoms with Gasteiger partial charge in [0.2, 0.25) is 10.0 Å². The van der Waals surface area contributed by atoms with Gasteiger partial charge in [0.05, 0.1) is 13.4 Å². The van der Waals surface area contributed by atoms with Crippen molar-refractivity contribution in [3.63, 3.8) is 0 Å². The highest BCUT2D eigenvalue weighted by Gasteiger charge is 2.36. The Hall–Kier alpha value is -1.22. The number of ether oxygens (including phenoxy) is 1. The third kappa shape index (κ3) is 4.00. The van der Waals surface area contributed by atoms with Crippen LogP contribution in [0.3, 0.4) is 0 Å². The summed E-state index contributed by atoms with van der Waals surface area (Å²) in [6.07, 6.45) is 1.13. The molecular formula is C14H18ClFN2O4S. The summed E-state index contributed by atoms with van der Waals surface area (Å²) in [6, 6.07) is 3.18. The SMILES string of the molecule is COC(=O)C(c1c(F)cccc1Cl)N1CCN(S(C)(=O)=O)CC1. The molecule has 128 valence electrons. The molecule has 0 saturated carbocycles. The van der Waals surface area contributed by atoms with Crippen LogP contribution in [0, 0.1) is 5.82 Å². The number of carbonyl (C=O) groups is 1. The molecule has 1 aliphatic heterocycles. The molecule has 1 heterocycles. The fourth-order valence-electron chi connectivity index (χ4n) is 2.63. The molecule has 0 bridgehead atoms. The molecule has 1 atom stereocenters. The third-order valence-corrected chi connectivity index (χ3v) is 5.44. The molecule has 0 N–H and O–H groups in total. The van der Waals surface area contributed by atoms with Gasteiger partial charge in [-0.2, -0.15) is 4.31 Å². The molecule has 1 saturated heterocycles. The van der Waals surface area contributed by atoms with Crippen LogP contribution in [0.1, 0.15) is 11.6 Å². The molecule has 0 aromatic heterocycles. The number of benzene rings is 1. The number of hydrogen-bond acceptors (Lipinski definition) is 5. The summed E-state index contributed by atoms with van der Waals surface area (Å²) < 4.78 is 43.4. The van der Waals surface area contributed by atoms with Crippen LogP contribution >= 0.6 is 11.6 Å². The minimum Gasteiger partial charge on any atom is -0.468 e. The monoisotopic (exact) mass is 364 g/mol. The van der Waals surface area contributed by atoms with Gasteiger partial charge in [0.15, 0.2) is 0 Å². The molecular weight excluding hydrogens is 347 g/mol. The van der Waals surface area contributed by atoms with Crippen LogP contribution in [0.5, 0.6) is 0 Å². The van der Waals surface area contributed by atoms with Crippen molar-refractivity contribution >= 4 is 27.6 Å². The van der Waals surface area contributed by atoms with Crippen molar-refractivity contribution in [1.29, 1.82) is 0 Å². The Morgan fingerprint density at radius 1 is 1.30 bits per heavy atom. The number of esters is 1. The lowest BCUT2D eigenvalue weighted by molar-refractivity contribution is -0.148. The molecule has 9 heteroatoms. The van der Waals surface area contributed by atoms with Gasteiger partial charge < -0.3 is 4.74 Å². The van der Waals surface area contributed by atoms with Crippen LogP contribution in [0.2, 0.25) is 5.02 Å². The Balaban J connectivity index is 2.30. The standard InChI is InChI=1S/C14H18ClFN2O4S/c1-22-14(19)13(12-10(15)4-3-5-11(12)16)17-6-8-18(9-7-17)23(2,20)21/h3-5,13H,6-9H2,1-2H3. The molecule has 2 rings (SSSR count). The van der Waals surface area contributed by atoms with E-state index >= 15 is 0 Å². The first-order valence-electron chi connectivity index (χ1n) is 6.96. The molecule has 0 aliphatic carbocycles. The smallest absolute Gasteiger partial charge is 0.327 e. The highest BCUT2D eigenvalue weighted by molar-refractivity contribution is 7.88. The topological polar surface area (TPSA) is 66.9 Å². The van der Waals surface area contributed by atoms with Crippen molar-refractivity contribution in [3.05, 3.63) is 34.6 Å². The predicted molar refractivity (Wildman–Crippen MR) is 84.2 cm³/mol. The van der Waals surface area contributed by atoms with E-state index in [-0.39, 0.29) is 36.8 Å². The average Bonchev–Trinajstić information content (AvgIpc) is 2.50. The highest BCUT2D eigenvalue weighted by Crippen LogP contribution is 2.32. The first-order valence-corrected chi connectivity index (χ1v) is 9.19. The Kier molecular flexibility index (Phi) is 5.61. The van der Waals surface area contributed by atoms with Gasteiger partial charge >= 0.3 is 5.97 Å². The maximum atomic E-state index is 14.2. The summed E-state index contributed by atoms with van der Waals surface area (Å²) in [6.45, 7) is 0.992. The minimum atomic E-state index is -3.29.